The smallest absolute Gasteiger partial charge is 0.195 e. The highest BCUT2D eigenvalue weighted by Crippen LogP contribution is 2.25. The number of benzene rings is 2. The fraction of sp³-hybridized carbons (Fsp3) is 0.143. The lowest BCUT2D eigenvalue weighted by Crippen LogP contribution is -1.97. The van der Waals surface area contributed by atoms with Crippen molar-refractivity contribution in [2.45, 2.75) is 5.16 Å². The number of fused-ring (bicyclic) bond motifs is 1. The van der Waals surface area contributed by atoms with E-state index in [1.807, 2.05) is 22.8 Å². The molecule has 0 unspecified atom stereocenters. The van der Waals surface area contributed by atoms with E-state index in [0.717, 1.165) is 16.2 Å². The number of nitrogens with zero attached hydrogens (tertiary/aromatic N) is 3. The second-order valence-electron chi connectivity index (χ2n) is 4.05. The van der Waals surface area contributed by atoms with Crippen LogP contribution in [0.5, 0.6) is 0 Å². The lowest BCUT2D eigenvalue weighted by Gasteiger charge is -2.09. The van der Waals surface area contributed by atoms with Crippen molar-refractivity contribution in [1.29, 1.82) is 0 Å². The van der Waals surface area contributed by atoms with Crippen molar-refractivity contribution in [3.63, 3.8) is 0 Å². The van der Waals surface area contributed by atoms with Crippen LogP contribution in [-0.4, -0.2) is 32.2 Å². The summed E-state index contributed by atoms with van der Waals surface area (Å²) in [5.41, 5.74) is 1.06. The van der Waals surface area contributed by atoms with E-state index in [1.165, 1.54) is 17.1 Å². The molecule has 0 aliphatic rings. The van der Waals surface area contributed by atoms with Gasteiger partial charge in [0.25, 0.3) is 0 Å². The van der Waals surface area contributed by atoms with E-state index in [0.29, 0.717) is 5.75 Å². The first-order chi connectivity index (χ1) is 9.40. The molecule has 0 amide bonds. The molecular weight excluding hydrogens is 258 g/mol. The predicted molar refractivity (Wildman–Crippen MR) is 76.7 cm³/mol. The Kier molecular flexibility index (Phi) is 3.48. The Bertz CT molecular complexity index is 690. The van der Waals surface area contributed by atoms with Crippen LogP contribution in [0.3, 0.4) is 0 Å². The van der Waals surface area contributed by atoms with Crippen molar-refractivity contribution in [1.82, 2.24) is 14.8 Å². The van der Waals surface area contributed by atoms with Crippen LogP contribution in [-0.2, 0) is 0 Å². The highest BCUT2D eigenvalue weighted by Gasteiger charge is 2.09. The quantitative estimate of drug-likeness (QED) is 0.741. The number of thioether (sulfide) groups is 1. The second kappa shape index (κ2) is 5.42. The summed E-state index contributed by atoms with van der Waals surface area (Å²) in [6.07, 6.45) is 1.71. The molecule has 1 aromatic heterocycles. The highest BCUT2D eigenvalue weighted by atomic mass is 32.2. The zero-order valence-corrected chi connectivity index (χ0v) is 11.0. The normalized spacial score (nSPS) is 11.0. The predicted octanol–water partition coefficient (Wildman–Crippen LogP) is 2.50. The van der Waals surface area contributed by atoms with Gasteiger partial charge in [-0.25, -0.2) is 0 Å². The molecule has 4 nitrogen and oxygen atoms in total. The van der Waals surface area contributed by atoms with Crippen LogP contribution >= 0.6 is 11.8 Å². The summed E-state index contributed by atoms with van der Waals surface area (Å²) >= 11 is 1.50. The lowest BCUT2D eigenvalue weighted by molar-refractivity contribution is 0.322. The molecule has 0 atom stereocenters. The standard InChI is InChI=1S/C14H13N3OS/c18-8-9-19-14-16-15-10-17(14)13-7-3-5-11-4-1-2-6-12(11)13/h1-7,10,18H,8-9H2. The van der Waals surface area contributed by atoms with Gasteiger partial charge in [-0.3, -0.25) is 4.57 Å². The Labute approximate surface area is 115 Å². The Morgan fingerprint density at radius 3 is 2.84 bits per heavy atom. The summed E-state index contributed by atoms with van der Waals surface area (Å²) in [7, 11) is 0. The zero-order chi connectivity index (χ0) is 13.1. The highest BCUT2D eigenvalue weighted by molar-refractivity contribution is 7.99. The maximum Gasteiger partial charge on any atom is 0.195 e. The molecule has 0 aliphatic heterocycles. The fourth-order valence-electron chi connectivity index (χ4n) is 2.04. The van der Waals surface area contributed by atoms with E-state index in [9.17, 15) is 0 Å². The molecule has 0 saturated heterocycles. The summed E-state index contributed by atoms with van der Waals surface area (Å²) in [6.45, 7) is 0.132. The second-order valence-corrected chi connectivity index (χ2v) is 5.12. The molecule has 0 fully saturated rings. The summed E-state index contributed by atoms with van der Waals surface area (Å²) in [4.78, 5) is 0. The van der Waals surface area contributed by atoms with Gasteiger partial charge in [-0.2, -0.15) is 0 Å². The number of aliphatic hydroxyl groups excluding tert-OH is 1. The monoisotopic (exact) mass is 271 g/mol. The lowest BCUT2D eigenvalue weighted by atomic mass is 10.1. The first-order valence-corrected chi connectivity index (χ1v) is 7.00. The third-order valence-corrected chi connectivity index (χ3v) is 3.79. The van der Waals surface area contributed by atoms with Gasteiger partial charge in [0.1, 0.15) is 6.33 Å². The van der Waals surface area contributed by atoms with Gasteiger partial charge in [0.15, 0.2) is 5.16 Å². The van der Waals surface area contributed by atoms with Crippen molar-refractivity contribution >= 4 is 22.5 Å². The number of aliphatic hydroxyl groups is 1. The van der Waals surface area contributed by atoms with Gasteiger partial charge in [-0.05, 0) is 11.5 Å². The molecule has 0 spiro atoms. The number of aromatic nitrogens is 3. The van der Waals surface area contributed by atoms with Crippen LogP contribution in [0.1, 0.15) is 0 Å². The molecule has 0 radical (unpaired) electrons. The average Bonchev–Trinajstić information content (AvgIpc) is 2.92. The molecule has 3 aromatic rings. The number of hydrogen-bond acceptors (Lipinski definition) is 4. The average molecular weight is 271 g/mol. The molecule has 0 aliphatic carbocycles. The molecule has 1 N–H and O–H groups in total. The van der Waals surface area contributed by atoms with Gasteiger partial charge in [0, 0.05) is 11.1 Å². The van der Waals surface area contributed by atoms with E-state index in [2.05, 4.69) is 34.5 Å². The van der Waals surface area contributed by atoms with Crippen molar-refractivity contribution in [2.24, 2.45) is 0 Å². The first-order valence-electron chi connectivity index (χ1n) is 6.02. The maximum absolute atomic E-state index is 8.92. The minimum absolute atomic E-state index is 0.132. The van der Waals surface area contributed by atoms with E-state index in [-0.39, 0.29) is 6.61 Å². The maximum atomic E-state index is 8.92. The topological polar surface area (TPSA) is 50.9 Å². The summed E-state index contributed by atoms with van der Waals surface area (Å²) in [5.74, 6) is 0.615. The molecule has 3 rings (SSSR count). The first kappa shape index (κ1) is 12.2. The van der Waals surface area contributed by atoms with Crippen molar-refractivity contribution in [2.75, 3.05) is 12.4 Å². The molecule has 1 heterocycles. The molecular formula is C14H13N3OS. The minimum Gasteiger partial charge on any atom is -0.396 e. The molecule has 2 aromatic carbocycles. The van der Waals surface area contributed by atoms with Crippen LogP contribution in [0.15, 0.2) is 53.9 Å². The zero-order valence-electron chi connectivity index (χ0n) is 10.2. The Morgan fingerprint density at radius 2 is 1.95 bits per heavy atom. The summed E-state index contributed by atoms with van der Waals surface area (Å²) in [6, 6.07) is 14.4. The van der Waals surface area contributed by atoms with E-state index >= 15 is 0 Å². The van der Waals surface area contributed by atoms with Crippen LogP contribution in [0.25, 0.3) is 16.5 Å². The molecule has 5 heteroatoms. The fourth-order valence-corrected chi connectivity index (χ4v) is 2.71. The van der Waals surface area contributed by atoms with Gasteiger partial charge in [-0.1, -0.05) is 48.2 Å². The van der Waals surface area contributed by atoms with Crippen LogP contribution in [0, 0.1) is 0 Å². The van der Waals surface area contributed by atoms with Crippen LogP contribution in [0.4, 0.5) is 0 Å². The number of hydrogen-bond donors (Lipinski definition) is 1. The van der Waals surface area contributed by atoms with E-state index in [4.69, 9.17) is 5.11 Å². The largest absolute Gasteiger partial charge is 0.396 e. The summed E-state index contributed by atoms with van der Waals surface area (Å²) in [5, 5.41) is 20.1. The van der Waals surface area contributed by atoms with Gasteiger partial charge >= 0.3 is 0 Å². The Morgan fingerprint density at radius 1 is 1.11 bits per heavy atom. The van der Waals surface area contributed by atoms with Crippen molar-refractivity contribution in [3.8, 4) is 5.69 Å². The third kappa shape index (κ3) is 2.34. The van der Waals surface area contributed by atoms with Gasteiger partial charge in [-0.15, -0.1) is 10.2 Å². The molecule has 0 saturated carbocycles. The SMILES string of the molecule is OCCSc1nncn1-c1cccc2ccccc12. The molecule has 0 bridgehead atoms. The van der Waals surface area contributed by atoms with Crippen molar-refractivity contribution in [3.05, 3.63) is 48.8 Å². The Hall–Kier alpha value is -1.85. The summed E-state index contributed by atoms with van der Waals surface area (Å²) < 4.78 is 1.96. The van der Waals surface area contributed by atoms with Gasteiger partial charge in [0.05, 0.1) is 12.3 Å². The minimum atomic E-state index is 0.132. The number of rotatable bonds is 4. The molecule has 19 heavy (non-hydrogen) atoms. The third-order valence-electron chi connectivity index (χ3n) is 2.87. The van der Waals surface area contributed by atoms with Crippen molar-refractivity contribution < 1.29 is 5.11 Å². The van der Waals surface area contributed by atoms with Gasteiger partial charge in [0.2, 0.25) is 0 Å². The molecule has 96 valence electrons. The van der Waals surface area contributed by atoms with E-state index in [1.54, 1.807) is 6.33 Å². The van der Waals surface area contributed by atoms with E-state index < -0.39 is 0 Å². The van der Waals surface area contributed by atoms with Crippen LogP contribution in [0.2, 0.25) is 0 Å². The Balaban J connectivity index is 2.12. The van der Waals surface area contributed by atoms with Gasteiger partial charge < -0.3 is 5.11 Å². The van der Waals surface area contributed by atoms with Crippen LogP contribution < -0.4 is 0 Å².